The highest BCUT2D eigenvalue weighted by Gasteiger charge is 2.20. The van der Waals surface area contributed by atoms with E-state index in [2.05, 4.69) is 17.9 Å². The van der Waals surface area contributed by atoms with Gasteiger partial charge in [0.25, 0.3) is 0 Å². The highest BCUT2D eigenvalue weighted by molar-refractivity contribution is 5.98. The van der Waals surface area contributed by atoms with Gasteiger partial charge in [-0.3, -0.25) is 0 Å². The van der Waals surface area contributed by atoms with E-state index in [1.54, 1.807) is 24.0 Å². The van der Waals surface area contributed by atoms with E-state index in [1.807, 2.05) is 11.8 Å². The zero-order chi connectivity index (χ0) is 44.3. The number of halogens is 4. The molecule has 0 saturated heterocycles. The second kappa shape index (κ2) is 28.4. The quantitative estimate of drug-likeness (QED) is 0.0157. The molecule has 0 spiro atoms. The minimum atomic E-state index is -1.17. The van der Waals surface area contributed by atoms with Crippen molar-refractivity contribution in [2.75, 3.05) is 55.8 Å². The number of rotatable bonds is 24. The summed E-state index contributed by atoms with van der Waals surface area (Å²) in [7, 11) is 0. The molecular formula is C43H52F4N4O8. The van der Waals surface area contributed by atoms with Crippen LogP contribution >= 0.6 is 0 Å². The number of anilines is 2. The largest absolute Gasteiger partial charge is 0.461 e. The van der Waals surface area contributed by atoms with Gasteiger partial charge < -0.3 is 34.2 Å². The van der Waals surface area contributed by atoms with E-state index in [4.69, 9.17) is 19.7 Å². The summed E-state index contributed by atoms with van der Waals surface area (Å²) in [5.74, 6) is -6.27. The zero-order valence-electron chi connectivity index (χ0n) is 33.7. The standard InChI is InChI=1S/C41H46F4N4O6.C2H6O2/c1-5-9-18-54-41(52)31(28-47)24-33-34(42)25-32(26-35(33)43)48(7-3)16-14-12-10-11-13-15-17-49(8-4)39-36(44)22-29(23-37(39)45)21-30(27-46)40(51)55-20-19-53-38(50)6-2;1-2(3)4/h5-6,21-26H,1-2,7-20H2,3-4H3;2-4H,1H3/b30-21+,31-24+;. The lowest BCUT2D eigenvalue weighted by molar-refractivity contribution is -0.146. The number of ether oxygens (including phenoxy) is 3. The van der Waals surface area contributed by atoms with Crippen molar-refractivity contribution in [1.82, 2.24) is 0 Å². The molecule has 0 aliphatic heterocycles. The lowest BCUT2D eigenvalue weighted by Crippen LogP contribution is -2.26. The zero-order valence-corrected chi connectivity index (χ0v) is 33.7. The maximum absolute atomic E-state index is 15.2. The van der Waals surface area contributed by atoms with Crippen LogP contribution in [0.25, 0.3) is 12.2 Å². The van der Waals surface area contributed by atoms with Gasteiger partial charge in [0.2, 0.25) is 0 Å². The molecule has 2 N–H and O–H groups in total. The number of unbranched alkanes of at least 4 members (excludes halogenated alkanes) is 5. The Morgan fingerprint density at radius 1 is 0.729 bits per heavy atom. The molecule has 2 rings (SSSR count). The second-order valence-electron chi connectivity index (χ2n) is 12.6. The fourth-order valence-electron chi connectivity index (χ4n) is 5.38. The Labute approximate surface area is 342 Å². The van der Waals surface area contributed by atoms with E-state index < -0.39 is 64.2 Å². The van der Waals surface area contributed by atoms with Crippen molar-refractivity contribution in [3.63, 3.8) is 0 Å². The number of hydrogen-bond donors (Lipinski definition) is 2. The normalized spacial score (nSPS) is 11.1. The fraction of sp³-hybridized carbons (Fsp3) is 0.419. The SMILES string of the molecule is C=CCCOC(=O)/C(C#N)=C/c1c(F)cc(N(CC)CCCCCCCCN(CC)c2c(F)cc(/C=C(\C#N)C(=O)OCCOC(=O)C=C)cc2F)cc1F.CC(O)O. The summed E-state index contributed by atoms with van der Waals surface area (Å²) < 4.78 is 74.7. The van der Waals surface area contributed by atoms with Crippen molar-refractivity contribution in [2.24, 2.45) is 0 Å². The third-order valence-corrected chi connectivity index (χ3v) is 8.22. The Kier molecular flexibility index (Phi) is 24.6. The van der Waals surface area contributed by atoms with Crippen LogP contribution in [0.15, 0.2) is 60.7 Å². The number of nitrogens with zero attached hydrogens (tertiary/aromatic N) is 4. The van der Waals surface area contributed by atoms with Crippen LogP contribution in [0.2, 0.25) is 0 Å². The van der Waals surface area contributed by atoms with Crippen LogP contribution in [0.1, 0.15) is 76.8 Å². The molecule has 2 aromatic rings. The maximum atomic E-state index is 15.2. The van der Waals surface area contributed by atoms with E-state index in [-0.39, 0.29) is 31.1 Å². The molecule has 12 nitrogen and oxygen atoms in total. The van der Waals surface area contributed by atoms with E-state index in [0.29, 0.717) is 44.7 Å². The Morgan fingerprint density at radius 2 is 1.19 bits per heavy atom. The molecular weight excluding hydrogens is 776 g/mol. The van der Waals surface area contributed by atoms with Gasteiger partial charge in [0.05, 0.1) is 6.61 Å². The first kappa shape index (κ1) is 51.0. The Morgan fingerprint density at radius 3 is 1.66 bits per heavy atom. The first-order valence-corrected chi connectivity index (χ1v) is 19.0. The molecule has 0 aliphatic carbocycles. The van der Waals surface area contributed by atoms with Crippen molar-refractivity contribution in [3.8, 4) is 12.1 Å². The first-order chi connectivity index (χ1) is 28.2. The van der Waals surface area contributed by atoms with Crippen LogP contribution in [0, 0.1) is 45.9 Å². The number of hydrogen-bond acceptors (Lipinski definition) is 12. The third kappa shape index (κ3) is 18.9. The molecule has 0 heterocycles. The molecule has 16 heteroatoms. The number of esters is 3. The van der Waals surface area contributed by atoms with Gasteiger partial charge in [-0.15, -0.1) is 6.58 Å². The average Bonchev–Trinajstić information content (AvgIpc) is 3.19. The number of carbonyl (C=O) groups is 3. The highest BCUT2D eigenvalue weighted by Crippen LogP contribution is 2.28. The van der Waals surface area contributed by atoms with Crippen LogP contribution < -0.4 is 9.80 Å². The van der Waals surface area contributed by atoms with Crippen LogP contribution in [0.4, 0.5) is 28.9 Å². The predicted molar refractivity (Wildman–Crippen MR) is 215 cm³/mol. The van der Waals surface area contributed by atoms with Crippen LogP contribution in [-0.4, -0.2) is 80.4 Å². The minimum Gasteiger partial charge on any atom is -0.461 e. The number of aliphatic hydroxyl groups excluding tert-OH is 1. The summed E-state index contributed by atoms with van der Waals surface area (Å²) in [6.45, 7) is 12.8. The summed E-state index contributed by atoms with van der Waals surface area (Å²) in [6, 6.07) is 7.66. The molecule has 0 amide bonds. The van der Waals surface area contributed by atoms with E-state index in [9.17, 15) is 33.7 Å². The Hall–Kier alpha value is -5.97. The summed E-state index contributed by atoms with van der Waals surface area (Å²) in [4.78, 5) is 38.8. The molecule has 0 aliphatic rings. The predicted octanol–water partition coefficient (Wildman–Crippen LogP) is 7.46. The minimum absolute atomic E-state index is 0.00959. The highest BCUT2D eigenvalue weighted by atomic mass is 19.1. The van der Waals surface area contributed by atoms with Gasteiger partial charge >= 0.3 is 17.9 Å². The summed E-state index contributed by atoms with van der Waals surface area (Å²) in [5, 5.41) is 33.9. The molecule has 0 radical (unpaired) electrons. The van der Waals surface area contributed by atoms with Crippen molar-refractivity contribution < 1.29 is 56.4 Å². The number of nitriles is 2. The number of aliphatic hydroxyl groups is 2. The lowest BCUT2D eigenvalue weighted by Gasteiger charge is -2.24. The Balaban J connectivity index is 0.00000415. The van der Waals surface area contributed by atoms with Gasteiger partial charge in [-0.1, -0.05) is 38.3 Å². The number of carbonyl (C=O) groups excluding carboxylic acids is 3. The smallest absolute Gasteiger partial charge is 0.349 e. The van der Waals surface area contributed by atoms with Crippen LogP contribution in [-0.2, 0) is 28.6 Å². The third-order valence-electron chi connectivity index (χ3n) is 8.22. The fourth-order valence-corrected chi connectivity index (χ4v) is 5.38. The van der Waals surface area contributed by atoms with Gasteiger partial charge in [0.15, 0.2) is 0 Å². The number of benzene rings is 2. The molecule has 0 unspecified atom stereocenters. The molecule has 2 aromatic carbocycles. The molecule has 320 valence electrons. The van der Waals surface area contributed by atoms with Crippen molar-refractivity contribution in [1.29, 1.82) is 10.5 Å². The first-order valence-electron chi connectivity index (χ1n) is 19.0. The van der Waals surface area contributed by atoms with Crippen molar-refractivity contribution >= 4 is 41.4 Å². The molecule has 0 saturated carbocycles. The lowest BCUT2D eigenvalue weighted by atomic mass is 10.1. The van der Waals surface area contributed by atoms with Gasteiger partial charge in [-0.2, -0.15) is 10.5 Å². The van der Waals surface area contributed by atoms with E-state index in [1.165, 1.54) is 25.1 Å². The second-order valence-corrected chi connectivity index (χ2v) is 12.6. The molecule has 0 fully saturated rings. The Bertz CT molecular complexity index is 1820. The topological polar surface area (TPSA) is 173 Å². The van der Waals surface area contributed by atoms with Gasteiger partial charge in [-0.05, 0) is 82.0 Å². The van der Waals surface area contributed by atoms with Crippen molar-refractivity contribution in [2.45, 2.75) is 72.0 Å². The molecule has 0 atom stereocenters. The van der Waals surface area contributed by atoms with Gasteiger partial charge in [0, 0.05) is 43.5 Å². The van der Waals surface area contributed by atoms with Crippen LogP contribution in [0.3, 0.4) is 0 Å². The maximum Gasteiger partial charge on any atom is 0.349 e. The summed E-state index contributed by atoms with van der Waals surface area (Å²) >= 11 is 0. The van der Waals surface area contributed by atoms with Crippen molar-refractivity contribution in [3.05, 3.63) is 95.1 Å². The molecule has 0 aromatic heterocycles. The van der Waals surface area contributed by atoms with Crippen LogP contribution in [0.5, 0.6) is 0 Å². The van der Waals surface area contributed by atoms with Gasteiger partial charge in [0.1, 0.15) is 71.7 Å². The average molecular weight is 829 g/mol. The molecule has 59 heavy (non-hydrogen) atoms. The van der Waals surface area contributed by atoms with E-state index >= 15 is 8.78 Å². The monoisotopic (exact) mass is 828 g/mol. The summed E-state index contributed by atoms with van der Waals surface area (Å²) in [6.07, 6.45) is 8.33. The van der Waals surface area contributed by atoms with Gasteiger partial charge in [-0.25, -0.2) is 31.9 Å². The van der Waals surface area contributed by atoms with E-state index in [0.717, 1.165) is 62.5 Å². The molecule has 0 bridgehead atoms. The summed E-state index contributed by atoms with van der Waals surface area (Å²) in [5.41, 5.74) is -1.45.